The number of nitrogens with one attached hydrogen (secondary N) is 1. The maximum Gasteiger partial charge on any atom is 0.255 e. The third kappa shape index (κ3) is 4.06. The van der Waals surface area contributed by atoms with Crippen LogP contribution in [0.3, 0.4) is 0 Å². The Morgan fingerprint density at radius 1 is 1.17 bits per heavy atom. The lowest BCUT2D eigenvalue weighted by Gasteiger charge is -2.08. The monoisotopic (exact) mass is 484 g/mol. The van der Waals surface area contributed by atoms with Gasteiger partial charge in [0.1, 0.15) is 11.3 Å². The molecule has 0 fully saturated rings. The first-order valence-electron chi connectivity index (χ1n) is 9.32. The number of ether oxygens (including phenoxy) is 1. The van der Waals surface area contributed by atoms with Crippen LogP contribution in [-0.4, -0.2) is 18.0 Å². The minimum Gasteiger partial charge on any atom is -0.495 e. The Hall–Kier alpha value is -2.83. The molecule has 0 bridgehead atoms. The third-order valence-corrected chi connectivity index (χ3v) is 5.60. The molecule has 152 valence electrons. The first kappa shape index (κ1) is 20.4. The van der Waals surface area contributed by atoms with E-state index in [1.807, 2.05) is 24.3 Å². The van der Waals surface area contributed by atoms with Crippen LogP contribution < -0.4 is 10.1 Å². The second-order valence-corrected chi connectivity index (χ2v) is 7.94. The molecule has 0 aliphatic rings. The Kier molecular flexibility index (Phi) is 5.79. The van der Waals surface area contributed by atoms with E-state index < -0.39 is 0 Å². The van der Waals surface area contributed by atoms with Gasteiger partial charge in [0.15, 0.2) is 5.58 Å². The number of carbonyl (C=O) groups excluding carboxylic acids is 1. The number of amides is 1. The predicted octanol–water partition coefficient (Wildman–Crippen LogP) is 6.73. The standard InChI is InChI=1S/C23H18BrClN2O3/c1-3-13-10-17(24)21-19(11-13)27-23(30-21)14-4-7-16(8-5-14)26-22(28)15-6-9-20(29-2)18(25)12-15/h4-12H,3H2,1-2H3,(H,26,28). The fraction of sp³-hybridized carbons (Fsp3) is 0.130. The summed E-state index contributed by atoms with van der Waals surface area (Å²) in [6.07, 6.45) is 0.921. The van der Waals surface area contributed by atoms with E-state index >= 15 is 0 Å². The summed E-state index contributed by atoms with van der Waals surface area (Å²) < 4.78 is 11.9. The molecule has 4 aromatic rings. The molecule has 0 atom stereocenters. The molecule has 0 saturated carbocycles. The highest BCUT2D eigenvalue weighted by molar-refractivity contribution is 9.10. The molecule has 7 heteroatoms. The normalized spacial score (nSPS) is 10.9. The lowest BCUT2D eigenvalue weighted by atomic mass is 10.1. The van der Waals surface area contributed by atoms with Gasteiger partial charge in [-0.15, -0.1) is 0 Å². The van der Waals surface area contributed by atoms with Crippen LogP contribution >= 0.6 is 27.5 Å². The zero-order valence-electron chi connectivity index (χ0n) is 16.3. The maximum absolute atomic E-state index is 12.5. The summed E-state index contributed by atoms with van der Waals surface area (Å²) >= 11 is 9.65. The van der Waals surface area contributed by atoms with Crippen molar-refractivity contribution >= 4 is 50.2 Å². The van der Waals surface area contributed by atoms with Gasteiger partial charge in [0.05, 0.1) is 16.6 Å². The lowest BCUT2D eigenvalue weighted by Crippen LogP contribution is -2.11. The van der Waals surface area contributed by atoms with Crippen molar-refractivity contribution in [2.75, 3.05) is 12.4 Å². The van der Waals surface area contributed by atoms with Gasteiger partial charge in [-0.1, -0.05) is 18.5 Å². The largest absolute Gasteiger partial charge is 0.495 e. The number of hydrogen-bond acceptors (Lipinski definition) is 4. The minimum absolute atomic E-state index is 0.259. The molecule has 0 aliphatic heterocycles. The van der Waals surface area contributed by atoms with E-state index in [1.165, 1.54) is 12.7 Å². The minimum atomic E-state index is -0.259. The van der Waals surface area contributed by atoms with Crippen LogP contribution in [0.4, 0.5) is 5.69 Å². The van der Waals surface area contributed by atoms with Gasteiger partial charge in [-0.25, -0.2) is 4.98 Å². The second-order valence-electron chi connectivity index (χ2n) is 6.68. The van der Waals surface area contributed by atoms with Crippen LogP contribution in [0.2, 0.25) is 5.02 Å². The zero-order chi connectivity index (χ0) is 21.3. The number of nitrogens with zero attached hydrogens (tertiary/aromatic N) is 1. The fourth-order valence-corrected chi connectivity index (χ4v) is 3.92. The molecule has 0 aliphatic carbocycles. The van der Waals surface area contributed by atoms with Crippen molar-refractivity contribution in [2.24, 2.45) is 0 Å². The molecule has 0 radical (unpaired) electrons. The van der Waals surface area contributed by atoms with Crippen molar-refractivity contribution in [2.45, 2.75) is 13.3 Å². The zero-order valence-corrected chi connectivity index (χ0v) is 18.7. The highest BCUT2D eigenvalue weighted by Gasteiger charge is 2.13. The van der Waals surface area contributed by atoms with E-state index in [-0.39, 0.29) is 5.91 Å². The van der Waals surface area contributed by atoms with E-state index in [0.717, 1.165) is 27.6 Å². The number of rotatable bonds is 5. The Bertz CT molecular complexity index is 1240. The first-order chi connectivity index (χ1) is 14.5. The molecule has 5 nitrogen and oxygen atoms in total. The summed E-state index contributed by atoms with van der Waals surface area (Å²) in [7, 11) is 1.53. The molecule has 3 aromatic carbocycles. The van der Waals surface area contributed by atoms with Crippen molar-refractivity contribution in [3.8, 4) is 17.2 Å². The molecule has 4 rings (SSSR count). The topological polar surface area (TPSA) is 64.4 Å². The number of oxazole rings is 1. The summed E-state index contributed by atoms with van der Waals surface area (Å²) in [5, 5.41) is 3.24. The van der Waals surface area contributed by atoms with Crippen molar-refractivity contribution in [1.82, 2.24) is 4.98 Å². The van der Waals surface area contributed by atoms with Crippen molar-refractivity contribution in [1.29, 1.82) is 0 Å². The van der Waals surface area contributed by atoms with Crippen molar-refractivity contribution < 1.29 is 13.9 Å². The van der Waals surface area contributed by atoms with Crippen LogP contribution in [0, 0.1) is 0 Å². The van der Waals surface area contributed by atoms with Gasteiger partial charge < -0.3 is 14.5 Å². The predicted molar refractivity (Wildman–Crippen MR) is 122 cm³/mol. The number of methoxy groups -OCH3 is 1. The molecule has 30 heavy (non-hydrogen) atoms. The van der Waals surface area contributed by atoms with Crippen LogP contribution in [0.5, 0.6) is 5.75 Å². The number of fused-ring (bicyclic) bond motifs is 1. The lowest BCUT2D eigenvalue weighted by molar-refractivity contribution is 0.102. The Morgan fingerprint density at radius 2 is 1.93 bits per heavy atom. The molecule has 1 aromatic heterocycles. The summed E-state index contributed by atoms with van der Waals surface area (Å²) in [6.45, 7) is 2.10. The maximum atomic E-state index is 12.5. The van der Waals surface area contributed by atoms with Crippen LogP contribution in [0.1, 0.15) is 22.8 Å². The molecular weight excluding hydrogens is 468 g/mol. The molecule has 0 unspecified atom stereocenters. The van der Waals surface area contributed by atoms with Gasteiger partial charge in [-0.3, -0.25) is 4.79 Å². The van der Waals surface area contributed by atoms with Gasteiger partial charge in [0, 0.05) is 16.8 Å². The SMILES string of the molecule is CCc1cc(Br)c2oc(-c3ccc(NC(=O)c4ccc(OC)c(Cl)c4)cc3)nc2c1. The van der Waals surface area contributed by atoms with Crippen LogP contribution in [0.15, 0.2) is 63.5 Å². The van der Waals surface area contributed by atoms with Gasteiger partial charge in [0.2, 0.25) is 5.89 Å². The molecule has 0 spiro atoms. The smallest absolute Gasteiger partial charge is 0.255 e. The third-order valence-electron chi connectivity index (χ3n) is 4.72. The molecule has 1 heterocycles. The quantitative estimate of drug-likeness (QED) is 0.340. The average Bonchev–Trinajstić information content (AvgIpc) is 3.19. The van der Waals surface area contributed by atoms with Gasteiger partial charge in [-0.05, 0) is 82.5 Å². The number of halogens is 2. The summed E-state index contributed by atoms with van der Waals surface area (Å²) in [5.41, 5.74) is 4.63. The highest BCUT2D eigenvalue weighted by atomic mass is 79.9. The number of aryl methyl sites for hydroxylation is 1. The van der Waals surface area contributed by atoms with Gasteiger partial charge >= 0.3 is 0 Å². The summed E-state index contributed by atoms with van der Waals surface area (Å²) in [4.78, 5) is 17.1. The number of hydrogen-bond donors (Lipinski definition) is 1. The number of benzene rings is 3. The van der Waals surface area contributed by atoms with Crippen LogP contribution in [-0.2, 0) is 6.42 Å². The van der Waals surface area contributed by atoms with Gasteiger partial charge in [0.25, 0.3) is 5.91 Å². The summed E-state index contributed by atoms with van der Waals surface area (Å²) in [5.74, 6) is 0.789. The molecule has 1 N–H and O–H groups in total. The number of carbonyl (C=O) groups is 1. The second kappa shape index (κ2) is 8.50. The molecule has 1 amide bonds. The van der Waals surface area contributed by atoms with E-state index in [1.54, 1.807) is 30.3 Å². The van der Waals surface area contributed by atoms with Crippen molar-refractivity contribution in [3.63, 3.8) is 0 Å². The first-order valence-corrected chi connectivity index (χ1v) is 10.5. The highest BCUT2D eigenvalue weighted by Crippen LogP contribution is 2.31. The number of anilines is 1. The van der Waals surface area contributed by atoms with Gasteiger partial charge in [-0.2, -0.15) is 0 Å². The Balaban J connectivity index is 1.54. The summed E-state index contributed by atoms with van der Waals surface area (Å²) in [6, 6.07) is 16.3. The number of aromatic nitrogens is 1. The van der Waals surface area contributed by atoms with E-state index in [2.05, 4.69) is 33.2 Å². The van der Waals surface area contributed by atoms with E-state index in [9.17, 15) is 4.79 Å². The van der Waals surface area contributed by atoms with Crippen LogP contribution in [0.25, 0.3) is 22.6 Å². The fourth-order valence-electron chi connectivity index (χ4n) is 3.08. The molecule has 0 saturated heterocycles. The Labute approximate surface area is 187 Å². The molecular formula is C23H18BrClN2O3. The van der Waals surface area contributed by atoms with E-state index in [0.29, 0.717) is 27.9 Å². The Morgan fingerprint density at radius 3 is 2.60 bits per heavy atom. The van der Waals surface area contributed by atoms with E-state index in [4.69, 9.17) is 20.8 Å². The van der Waals surface area contributed by atoms with Crippen molar-refractivity contribution in [3.05, 3.63) is 75.2 Å². The average molecular weight is 486 g/mol.